The predicted octanol–water partition coefficient (Wildman–Crippen LogP) is 1.98. The first kappa shape index (κ1) is 15.9. The van der Waals surface area contributed by atoms with E-state index in [9.17, 15) is 14.7 Å². The van der Waals surface area contributed by atoms with Crippen LogP contribution in [0.5, 0.6) is 0 Å². The molecule has 6 heteroatoms. The molecule has 2 fully saturated rings. The van der Waals surface area contributed by atoms with Crippen LogP contribution in [-0.2, 0) is 11.3 Å². The summed E-state index contributed by atoms with van der Waals surface area (Å²) in [7, 11) is 0. The lowest BCUT2D eigenvalue weighted by molar-refractivity contribution is -0.149. The van der Waals surface area contributed by atoms with Gasteiger partial charge >= 0.3 is 5.97 Å². The van der Waals surface area contributed by atoms with Gasteiger partial charge in [-0.3, -0.25) is 9.59 Å². The number of benzene rings is 1. The summed E-state index contributed by atoms with van der Waals surface area (Å²) in [6.45, 7) is 1.59. The van der Waals surface area contributed by atoms with Gasteiger partial charge in [-0.2, -0.15) is 5.10 Å². The van der Waals surface area contributed by atoms with Crippen molar-refractivity contribution in [2.24, 2.45) is 11.3 Å². The van der Waals surface area contributed by atoms with Gasteiger partial charge in [0.15, 0.2) is 0 Å². The highest BCUT2D eigenvalue weighted by atomic mass is 16.4. The van der Waals surface area contributed by atoms with E-state index >= 15 is 0 Å². The van der Waals surface area contributed by atoms with Gasteiger partial charge in [0, 0.05) is 19.2 Å². The number of hydrogen-bond donors (Lipinski definition) is 1. The summed E-state index contributed by atoms with van der Waals surface area (Å²) >= 11 is 0. The molecule has 2 aliphatic rings. The first-order valence-electron chi connectivity index (χ1n) is 8.68. The Balaban J connectivity index is 1.56. The third-order valence-corrected chi connectivity index (χ3v) is 5.69. The summed E-state index contributed by atoms with van der Waals surface area (Å²) in [5.74, 6) is -0.542. The molecule has 0 spiro atoms. The maximum Gasteiger partial charge on any atom is 0.311 e. The van der Waals surface area contributed by atoms with Crippen LogP contribution in [0.3, 0.4) is 0 Å². The van der Waals surface area contributed by atoms with Crippen LogP contribution < -0.4 is 10.5 Å². The number of rotatable bonds is 4. The zero-order valence-electron chi connectivity index (χ0n) is 14.0. The average molecular weight is 339 g/mol. The lowest BCUT2D eigenvalue weighted by Crippen LogP contribution is -2.36. The van der Waals surface area contributed by atoms with E-state index in [0.29, 0.717) is 19.6 Å². The van der Waals surface area contributed by atoms with Crippen LogP contribution in [-0.4, -0.2) is 33.9 Å². The van der Waals surface area contributed by atoms with Crippen molar-refractivity contribution in [3.05, 3.63) is 58.5 Å². The van der Waals surface area contributed by atoms with Crippen LogP contribution in [0.2, 0.25) is 0 Å². The molecular formula is C19H21N3O3. The van der Waals surface area contributed by atoms with Gasteiger partial charge in [0.1, 0.15) is 0 Å². The van der Waals surface area contributed by atoms with Gasteiger partial charge in [-0.1, -0.05) is 36.8 Å². The number of anilines is 1. The molecule has 1 aliphatic heterocycles. The lowest BCUT2D eigenvalue weighted by atomic mass is 9.81. The van der Waals surface area contributed by atoms with Gasteiger partial charge in [-0.25, -0.2) is 4.68 Å². The molecule has 1 saturated carbocycles. The number of nitrogens with zero attached hydrogens (tertiary/aromatic N) is 3. The largest absolute Gasteiger partial charge is 0.481 e. The molecule has 2 atom stereocenters. The number of hydrogen-bond acceptors (Lipinski definition) is 4. The molecular weight excluding hydrogens is 318 g/mol. The van der Waals surface area contributed by atoms with Crippen LogP contribution >= 0.6 is 0 Å². The molecule has 1 aromatic carbocycles. The van der Waals surface area contributed by atoms with Crippen LogP contribution in [0.1, 0.15) is 24.8 Å². The summed E-state index contributed by atoms with van der Waals surface area (Å²) in [4.78, 5) is 26.2. The molecule has 0 bridgehead atoms. The van der Waals surface area contributed by atoms with Crippen LogP contribution in [0.15, 0.2) is 47.4 Å². The Bertz CT molecular complexity index is 848. The molecule has 0 radical (unpaired) electrons. The van der Waals surface area contributed by atoms with Crippen molar-refractivity contribution in [1.82, 2.24) is 9.78 Å². The fourth-order valence-corrected chi connectivity index (χ4v) is 4.31. The third kappa shape index (κ3) is 2.71. The molecule has 4 rings (SSSR count). The average Bonchev–Trinajstić information content (AvgIpc) is 3.16. The maximum absolute atomic E-state index is 12.4. The molecule has 1 aromatic heterocycles. The molecule has 1 N–H and O–H groups in total. The maximum atomic E-state index is 12.4. The van der Waals surface area contributed by atoms with E-state index in [1.165, 1.54) is 4.68 Å². The van der Waals surface area contributed by atoms with Crippen LogP contribution in [0.25, 0.3) is 0 Å². The zero-order chi connectivity index (χ0) is 17.4. The number of carboxylic acid groups (broad SMARTS) is 1. The second-order valence-electron chi connectivity index (χ2n) is 7.13. The first-order valence-corrected chi connectivity index (χ1v) is 8.68. The Morgan fingerprint density at radius 2 is 2.12 bits per heavy atom. The molecule has 1 saturated heterocycles. The van der Waals surface area contributed by atoms with E-state index < -0.39 is 11.4 Å². The van der Waals surface area contributed by atoms with Crippen molar-refractivity contribution in [3.63, 3.8) is 0 Å². The quantitative estimate of drug-likeness (QED) is 0.922. The SMILES string of the molecule is O=C(O)[C@@]12CCC[C@H]1CN(c1cnn(Cc3ccccc3)c(=O)c1)C2. The van der Waals surface area contributed by atoms with Gasteiger partial charge < -0.3 is 10.0 Å². The van der Waals surface area contributed by atoms with Gasteiger partial charge in [0.2, 0.25) is 0 Å². The number of carbonyl (C=O) groups is 1. The predicted molar refractivity (Wildman–Crippen MR) is 93.7 cm³/mol. The van der Waals surface area contributed by atoms with Gasteiger partial charge in [0.25, 0.3) is 5.56 Å². The zero-order valence-corrected chi connectivity index (χ0v) is 14.0. The summed E-state index contributed by atoms with van der Waals surface area (Å²) in [5, 5.41) is 14.0. The minimum atomic E-state index is -0.706. The smallest absolute Gasteiger partial charge is 0.311 e. The van der Waals surface area contributed by atoms with Gasteiger partial charge in [-0.05, 0) is 24.3 Å². The number of aliphatic carboxylic acids is 1. The second-order valence-corrected chi connectivity index (χ2v) is 7.13. The Kier molecular flexibility index (Phi) is 3.82. The Hall–Kier alpha value is -2.63. The first-order chi connectivity index (χ1) is 12.1. The van der Waals surface area contributed by atoms with E-state index in [-0.39, 0.29) is 11.5 Å². The fraction of sp³-hybridized carbons (Fsp3) is 0.421. The molecule has 6 nitrogen and oxygen atoms in total. The standard InChI is InChI=1S/C19H21N3O3/c23-17-9-16(10-20-22(17)11-14-5-2-1-3-6-14)21-12-15-7-4-8-19(15,13-21)18(24)25/h1-3,5-6,9-10,15H,4,7-8,11-13H2,(H,24,25)/t15-,19+/m0/s1. The minimum absolute atomic E-state index is 0.164. The van der Waals surface area contributed by atoms with Crippen molar-refractivity contribution in [3.8, 4) is 0 Å². The van der Waals surface area contributed by atoms with E-state index in [2.05, 4.69) is 5.10 Å². The molecule has 25 heavy (non-hydrogen) atoms. The number of carboxylic acids is 1. The third-order valence-electron chi connectivity index (χ3n) is 5.69. The molecule has 0 amide bonds. The van der Waals surface area contributed by atoms with Crippen LogP contribution in [0.4, 0.5) is 5.69 Å². The lowest BCUT2D eigenvalue weighted by Gasteiger charge is -2.24. The van der Waals surface area contributed by atoms with Gasteiger partial charge in [0.05, 0.1) is 23.8 Å². The molecule has 2 heterocycles. The summed E-state index contributed by atoms with van der Waals surface area (Å²) in [6, 6.07) is 11.3. The summed E-state index contributed by atoms with van der Waals surface area (Å²) in [5.41, 5.74) is 0.927. The Labute approximate surface area is 145 Å². The Morgan fingerprint density at radius 3 is 2.80 bits per heavy atom. The van der Waals surface area contributed by atoms with Crippen molar-refractivity contribution >= 4 is 11.7 Å². The fourth-order valence-electron chi connectivity index (χ4n) is 4.31. The van der Waals surface area contributed by atoms with Crippen molar-refractivity contribution in [2.45, 2.75) is 25.8 Å². The highest BCUT2D eigenvalue weighted by Crippen LogP contribution is 2.49. The molecule has 0 unspecified atom stereocenters. The second kappa shape index (κ2) is 6.02. The molecule has 130 valence electrons. The van der Waals surface area contributed by atoms with E-state index in [1.807, 2.05) is 35.2 Å². The topological polar surface area (TPSA) is 75.4 Å². The highest BCUT2D eigenvalue weighted by molar-refractivity contribution is 5.78. The van der Waals surface area contributed by atoms with E-state index in [4.69, 9.17) is 0 Å². The van der Waals surface area contributed by atoms with Crippen molar-refractivity contribution in [1.29, 1.82) is 0 Å². The number of fused-ring (bicyclic) bond motifs is 1. The summed E-state index contributed by atoms with van der Waals surface area (Å²) in [6.07, 6.45) is 4.33. The minimum Gasteiger partial charge on any atom is -0.481 e. The number of aromatic nitrogens is 2. The van der Waals surface area contributed by atoms with E-state index in [0.717, 1.165) is 30.5 Å². The van der Waals surface area contributed by atoms with Crippen molar-refractivity contribution in [2.75, 3.05) is 18.0 Å². The van der Waals surface area contributed by atoms with Crippen molar-refractivity contribution < 1.29 is 9.90 Å². The Morgan fingerprint density at radius 1 is 1.32 bits per heavy atom. The molecule has 2 aromatic rings. The normalized spacial score (nSPS) is 25.1. The highest BCUT2D eigenvalue weighted by Gasteiger charge is 2.54. The van der Waals surface area contributed by atoms with Gasteiger partial charge in [-0.15, -0.1) is 0 Å². The molecule has 1 aliphatic carbocycles. The van der Waals surface area contributed by atoms with Crippen LogP contribution in [0, 0.1) is 11.3 Å². The summed E-state index contributed by atoms with van der Waals surface area (Å²) < 4.78 is 1.43. The monoisotopic (exact) mass is 339 g/mol. The van der Waals surface area contributed by atoms with E-state index in [1.54, 1.807) is 12.3 Å².